The number of nitrogens with zero attached hydrogens (tertiary/aromatic N) is 3. The van der Waals surface area contributed by atoms with E-state index in [0.29, 0.717) is 25.6 Å². The Kier molecular flexibility index (Phi) is 9.16. The van der Waals surface area contributed by atoms with Crippen LogP contribution < -0.4 is 15.5 Å². The van der Waals surface area contributed by atoms with E-state index in [1.165, 1.54) is 10.4 Å². The zero-order valence-corrected chi connectivity index (χ0v) is 18.5. The van der Waals surface area contributed by atoms with E-state index in [1.807, 2.05) is 26.8 Å². The second kappa shape index (κ2) is 11.3. The summed E-state index contributed by atoms with van der Waals surface area (Å²) in [7, 11) is -3.27. The number of guanidine groups is 1. The molecule has 1 aliphatic rings. The van der Waals surface area contributed by atoms with Gasteiger partial charge in [0.2, 0.25) is 10.0 Å². The van der Waals surface area contributed by atoms with Crippen LogP contribution in [0.3, 0.4) is 0 Å². The lowest BCUT2D eigenvalue weighted by atomic mass is 10.0. The first-order valence-corrected chi connectivity index (χ1v) is 12.0. The third-order valence-electron chi connectivity index (χ3n) is 5.07. The number of halogens is 1. The van der Waals surface area contributed by atoms with Crippen LogP contribution in [-0.4, -0.2) is 69.7 Å². The SMILES string of the molecule is CCNC(=NCCS(=O)(=O)N(CC)CC)NC1CCN(c2cccc(F)c2)CC1. The number of hydrogen-bond acceptors (Lipinski definition) is 4. The van der Waals surface area contributed by atoms with Crippen molar-refractivity contribution in [2.24, 2.45) is 4.99 Å². The van der Waals surface area contributed by atoms with Gasteiger partial charge in [0.1, 0.15) is 5.82 Å². The molecule has 164 valence electrons. The molecule has 29 heavy (non-hydrogen) atoms. The minimum absolute atomic E-state index is 0.00324. The van der Waals surface area contributed by atoms with Gasteiger partial charge in [-0.3, -0.25) is 4.99 Å². The summed E-state index contributed by atoms with van der Waals surface area (Å²) in [6, 6.07) is 6.93. The van der Waals surface area contributed by atoms with Gasteiger partial charge in [0.05, 0.1) is 12.3 Å². The number of rotatable bonds is 9. The average Bonchev–Trinajstić information content (AvgIpc) is 2.69. The maximum atomic E-state index is 13.4. The second-order valence-electron chi connectivity index (χ2n) is 7.05. The van der Waals surface area contributed by atoms with Gasteiger partial charge < -0.3 is 15.5 Å². The van der Waals surface area contributed by atoms with Crippen LogP contribution in [0, 0.1) is 5.82 Å². The molecule has 1 aromatic carbocycles. The summed E-state index contributed by atoms with van der Waals surface area (Å²) >= 11 is 0. The maximum Gasteiger partial charge on any atom is 0.215 e. The second-order valence-corrected chi connectivity index (χ2v) is 9.13. The fourth-order valence-corrected chi connectivity index (χ4v) is 4.85. The standard InChI is InChI=1S/C20H34FN5O2S/c1-4-22-20(23-12-15-29(27,28)26(5-2)6-3)24-18-10-13-25(14-11-18)19-9-7-8-17(21)16-19/h7-9,16,18H,4-6,10-15H2,1-3H3,(H2,22,23,24). The first-order valence-electron chi connectivity index (χ1n) is 10.4. The van der Waals surface area contributed by atoms with E-state index in [1.54, 1.807) is 12.1 Å². The van der Waals surface area contributed by atoms with Gasteiger partial charge in [-0.05, 0) is 38.0 Å². The summed E-state index contributed by atoms with van der Waals surface area (Å²) in [5, 5.41) is 6.60. The highest BCUT2D eigenvalue weighted by Gasteiger charge is 2.21. The molecule has 0 unspecified atom stereocenters. The molecule has 1 heterocycles. The van der Waals surface area contributed by atoms with Crippen LogP contribution in [0.4, 0.5) is 10.1 Å². The van der Waals surface area contributed by atoms with E-state index in [4.69, 9.17) is 0 Å². The third-order valence-corrected chi connectivity index (χ3v) is 7.07. The molecule has 0 aromatic heterocycles. The molecule has 2 rings (SSSR count). The summed E-state index contributed by atoms with van der Waals surface area (Å²) in [5.74, 6) is 0.430. The lowest BCUT2D eigenvalue weighted by Gasteiger charge is -2.34. The van der Waals surface area contributed by atoms with Gasteiger partial charge in [-0.15, -0.1) is 0 Å². The normalized spacial score (nSPS) is 16.3. The monoisotopic (exact) mass is 427 g/mol. The van der Waals surface area contributed by atoms with Crippen LogP contribution >= 0.6 is 0 Å². The minimum Gasteiger partial charge on any atom is -0.371 e. The van der Waals surface area contributed by atoms with Crippen molar-refractivity contribution in [3.8, 4) is 0 Å². The maximum absolute atomic E-state index is 13.4. The quantitative estimate of drug-likeness (QED) is 0.466. The van der Waals surface area contributed by atoms with Crippen LogP contribution in [0.1, 0.15) is 33.6 Å². The van der Waals surface area contributed by atoms with Crippen LogP contribution in [0.5, 0.6) is 0 Å². The van der Waals surface area contributed by atoms with E-state index >= 15 is 0 Å². The summed E-state index contributed by atoms with van der Waals surface area (Å²) < 4.78 is 39.5. The fourth-order valence-electron chi connectivity index (χ4n) is 3.49. The average molecular weight is 428 g/mol. The molecule has 0 amide bonds. The Morgan fingerprint density at radius 1 is 1.24 bits per heavy atom. The molecule has 1 aromatic rings. The van der Waals surface area contributed by atoms with Crippen LogP contribution in [0.15, 0.2) is 29.3 Å². The summed E-state index contributed by atoms with van der Waals surface area (Å²) in [6.07, 6.45) is 1.80. The van der Waals surface area contributed by atoms with Crippen molar-refractivity contribution >= 4 is 21.7 Å². The van der Waals surface area contributed by atoms with Crippen molar-refractivity contribution in [1.29, 1.82) is 0 Å². The number of piperidine rings is 1. The van der Waals surface area contributed by atoms with Crippen LogP contribution in [0.2, 0.25) is 0 Å². The van der Waals surface area contributed by atoms with Crippen molar-refractivity contribution in [3.63, 3.8) is 0 Å². The van der Waals surface area contributed by atoms with Gasteiger partial charge >= 0.3 is 0 Å². The number of nitrogens with one attached hydrogen (secondary N) is 2. The first-order chi connectivity index (χ1) is 13.9. The molecule has 1 aliphatic heterocycles. The molecular weight excluding hydrogens is 393 g/mol. The lowest BCUT2D eigenvalue weighted by molar-refractivity contribution is 0.445. The predicted molar refractivity (Wildman–Crippen MR) is 117 cm³/mol. The molecule has 0 spiro atoms. The van der Waals surface area contributed by atoms with Gasteiger partial charge in [-0.1, -0.05) is 19.9 Å². The van der Waals surface area contributed by atoms with Crippen LogP contribution in [0.25, 0.3) is 0 Å². The summed E-state index contributed by atoms with van der Waals surface area (Å²) in [4.78, 5) is 6.64. The Balaban J connectivity index is 1.88. The molecule has 1 saturated heterocycles. The van der Waals surface area contributed by atoms with E-state index in [-0.39, 0.29) is 24.2 Å². The Bertz CT molecular complexity index is 760. The smallest absolute Gasteiger partial charge is 0.215 e. The largest absolute Gasteiger partial charge is 0.371 e. The molecule has 9 heteroatoms. The predicted octanol–water partition coefficient (Wildman–Crippen LogP) is 2.02. The van der Waals surface area contributed by atoms with E-state index in [2.05, 4.69) is 20.5 Å². The van der Waals surface area contributed by atoms with Crippen molar-refractivity contribution in [3.05, 3.63) is 30.1 Å². The van der Waals surface area contributed by atoms with Gasteiger partial charge in [-0.25, -0.2) is 17.1 Å². The van der Waals surface area contributed by atoms with Gasteiger partial charge in [-0.2, -0.15) is 0 Å². The Labute approximate surface area is 174 Å². The zero-order chi connectivity index (χ0) is 21.3. The van der Waals surface area contributed by atoms with Crippen LogP contribution in [-0.2, 0) is 10.0 Å². The number of benzene rings is 1. The number of anilines is 1. The molecule has 1 fully saturated rings. The summed E-state index contributed by atoms with van der Waals surface area (Å²) in [5.41, 5.74) is 0.908. The number of hydrogen-bond donors (Lipinski definition) is 2. The molecule has 0 atom stereocenters. The number of aliphatic imine (C=N–C) groups is 1. The van der Waals surface area contributed by atoms with Crippen molar-refractivity contribution < 1.29 is 12.8 Å². The highest BCUT2D eigenvalue weighted by molar-refractivity contribution is 7.89. The van der Waals surface area contributed by atoms with Gasteiger partial charge in [0, 0.05) is 44.5 Å². The van der Waals surface area contributed by atoms with E-state index < -0.39 is 10.0 Å². The molecule has 2 N–H and O–H groups in total. The zero-order valence-electron chi connectivity index (χ0n) is 17.7. The van der Waals surface area contributed by atoms with Crippen molar-refractivity contribution in [2.45, 2.75) is 39.7 Å². The molecular formula is C20H34FN5O2S. The molecule has 0 bridgehead atoms. The molecule has 0 aliphatic carbocycles. The minimum atomic E-state index is -3.27. The summed E-state index contributed by atoms with van der Waals surface area (Å²) in [6.45, 7) is 9.20. The molecule has 0 saturated carbocycles. The molecule has 0 radical (unpaired) electrons. The molecule has 7 nitrogen and oxygen atoms in total. The Hall–Kier alpha value is -1.87. The van der Waals surface area contributed by atoms with E-state index in [0.717, 1.165) is 31.6 Å². The first kappa shape index (κ1) is 23.4. The Morgan fingerprint density at radius 2 is 1.93 bits per heavy atom. The topological polar surface area (TPSA) is 77.0 Å². The highest BCUT2D eigenvalue weighted by Crippen LogP contribution is 2.20. The van der Waals surface area contributed by atoms with Gasteiger partial charge in [0.25, 0.3) is 0 Å². The number of sulfonamides is 1. The van der Waals surface area contributed by atoms with E-state index in [9.17, 15) is 12.8 Å². The highest BCUT2D eigenvalue weighted by atomic mass is 32.2. The van der Waals surface area contributed by atoms with Crippen molar-refractivity contribution in [2.75, 3.05) is 49.9 Å². The van der Waals surface area contributed by atoms with Crippen molar-refractivity contribution in [1.82, 2.24) is 14.9 Å². The lowest BCUT2D eigenvalue weighted by Crippen LogP contribution is -2.49. The van der Waals surface area contributed by atoms with Gasteiger partial charge in [0.15, 0.2) is 5.96 Å². The fraction of sp³-hybridized carbons (Fsp3) is 0.650. The Morgan fingerprint density at radius 3 is 2.52 bits per heavy atom. The third kappa shape index (κ3) is 7.15.